The molecule has 0 aliphatic carbocycles. The molecule has 1 aromatic rings. The third-order valence-electron chi connectivity index (χ3n) is 3.71. The highest BCUT2D eigenvalue weighted by atomic mass is 16.7. The van der Waals surface area contributed by atoms with E-state index >= 15 is 0 Å². The highest BCUT2D eigenvalue weighted by Gasteiger charge is 2.37. The van der Waals surface area contributed by atoms with Crippen LogP contribution in [0.15, 0.2) is 17.8 Å². The highest BCUT2D eigenvalue weighted by molar-refractivity contribution is 5.78. The normalized spacial score (nSPS) is 18.0. The van der Waals surface area contributed by atoms with Gasteiger partial charge in [-0.1, -0.05) is 20.8 Å². The number of hydroxylamine groups is 2. The van der Waals surface area contributed by atoms with Gasteiger partial charge in [-0.15, -0.1) is 5.06 Å². The van der Waals surface area contributed by atoms with E-state index in [0.29, 0.717) is 23.2 Å². The van der Waals surface area contributed by atoms with Gasteiger partial charge < -0.3 is 26.5 Å². The van der Waals surface area contributed by atoms with E-state index in [-0.39, 0.29) is 23.2 Å². The largest absolute Gasteiger partial charge is 0.508 e. The number of carbonyl (C=O) groups excluding carboxylic acids is 1. The van der Waals surface area contributed by atoms with Gasteiger partial charge in [-0.05, 0) is 24.0 Å². The smallest absolute Gasteiger partial charge is 0.348 e. The Hall–Kier alpha value is -2.57. The van der Waals surface area contributed by atoms with Crippen molar-refractivity contribution in [3.8, 4) is 11.5 Å². The summed E-state index contributed by atoms with van der Waals surface area (Å²) in [6.45, 7) is 5.66. The molecule has 2 amide bonds. The second-order valence-corrected chi connectivity index (χ2v) is 5.55. The van der Waals surface area contributed by atoms with Gasteiger partial charge in [-0.25, -0.2) is 4.79 Å². The number of hydrogen-bond acceptors (Lipinski definition) is 5. The van der Waals surface area contributed by atoms with Crippen LogP contribution >= 0.6 is 0 Å². The maximum absolute atomic E-state index is 11.4. The Balaban J connectivity index is 2.54. The zero-order valence-electron chi connectivity index (χ0n) is 12.8. The first-order valence-electron chi connectivity index (χ1n) is 7.10. The average Bonchev–Trinajstić information content (AvgIpc) is 2.75. The first-order valence-corrected chi connectivity index (χ1v) is 7.10. The average molecular weight is 307 g/mol. The van der Waals surface area contributed by atoms with Gasteiger partial charge in [0, 0.05) is 6.07 Å². The van der Waals surface area contributed by atoms with Crippen LogP contribution in [0.2, 0.25) is 0 Å². The van der Waals surface area contributed by atoms with Crippen LogP contribution in [0.5, 0.6) is 11.5 Å². The number of primary amides is 1. The SMILES string of the molecule is CCC1C(N)=C(c2cc(C(C)C)c(O)cc2O)ON1C(N)=O. The van der Waals surface area contributed by atoms with E-state index < -0.39 is 12.1 Å². The zero-order chi connectivity index (χ0) is 16.6. The number of nitrogens with zero attached hydrogens (tertiary/aromatic N) is 1. The van der Waals surface area contributed by atoms with Crippen LogP contribution in [0.25, 0.3) is 5.76 Å². The van der Waals surface area contributed by atoms with E-state index in [1.165, 1.54) is 6.07 Å². The van der Waals surface area contributed by atoms with Gasteiger partial charge in [0.25, 0.3) is 0 Å². The van der Waals surface area contributed by atoms with Crippen molar-refractivity contribution in [1.82, 2.24) is 5.06 Å². The number of hydrogen-bond donors (Lipinski definition) is 4. The summed E-state index contributed by atoms with van der Waals surface area (Å²) in [5, 5.41) is 21.0. The van der Waals surface area contributed by atoms with Crippen molar-refractivity contribution >= 4 is 11.8 Å². The molecule has 7 heteroatoms. The van der Waals surface area contributed by atoms with Gasteiger partial charge in [0.1, 0.15) is 17.5 Å². The molecule has 1 unspecified atom stereocenters. The maximum atomic E-state index is 11.4. The van der Waals surface area contributed by atoms with E-state index in [1.807, 2.05) is 20.8 Å². The molecule has 1 aromatic carbocycles. The molecule has 2 rings (SSSR count). The van der Waals surface area contributed by atoms with Crippen molar-refractivity contribution in [3.05, 3.63) is 29.0 Å². The predicted molar refractivity (Wildman–Crippen MR) is 81.6 cm³/mol. The van der Waals surface area contributed by atoms with E-state index in [2.05, 4.69) is 0 Å². The Morgan fingerprint density at radius 1 is 1.36 bits per heavy atom. The van der Waals surface area contributed by atoms with Gasteiger partial charge in [0.15, 0.2) is 5.76 Å². The number of phenols is 2. The third kappa shape index (κ3) is 2.49. The molecule has 0 bridgehead atoms. The van der Waals surface area contributed by atoms with E-state index in [0.717, 1.165) is 5.06 Å². The summed E-state index contributed by atoms with van der Waals surface area (Å²) in [5.74, 6) is 0.0371. The molecule has 1 aliphatic heterocycles. The standard InChI is InChI=1S/C15H21N3O4/c1-4-10-13(16)14(22-18(10)15(17)21)9-5-8(7(2)3)11(19)6-12(9)20/h5-7,10,19-20H,4,16H2,1-3H3,(H2,17,21). The molecule has 1 heterocycles. The lowest BCUT2D eigenvalue weighted by atomic mass is 9.97. The summed E-state index contributed by atoms with van der Waals surface area (Å²) in [6, 6.07) is 1.60. The number of aromatic hydroxyl groups is 2. The topological polar surface area (TPSA) is 122 Å². The fourth-order valence-corrected chi connectivity index (χ4v) is 2.52. The van der Waals surface area contributed by atoms with Gasteiger partial charge in [-0.3, -0.25) is 0 Å². The number of amides is 2. The molecule has 1 aliphatic rings. The van der Waals surface area contributed by atoms with Crippen molar-refractivity contribution in [1.29, 1.82) is 0 Å². The van der Waals surface area contributed by atoms with Gasteiger partial charge >= 0.3 is 6.03 Å². The fourth-order valence-electron chi connectivity index (χ4n) is 2.52. The number of urea groups is 1. The lowest BCUT2D eigenvalue weighted by Crippen LogP contribution is -2.40. The van der Waals surface area contributed by atoms with Gasteiger partial charge in [0.2, 0.25) is 0 Å². The molecule has 1 atom stereocenters. The van der Waals surface area contributed by atoms with Crippen LogP contribution in [-0.2, 0) is 4.84 Å². The summed E-state index contributed by atoms with van der Waals surface area (Å²) in [6.07, 6.45) is 0.522. The first-order chi connectivity index (χ1) is 10.3. The van der Waals surface area contributed by atoms with Crippen molar-refractivity contribution in [2.75, 3.05) is 0 Å². The molecule has 22 heavy (non-hydrogen) atoms. The molecule has 0 aromatic heterocycles. The molecule has 120 valence electrons. The minimum atomic E-state index is -0.757. The van der Waals surface area contributed by atoms with Crippen molar-refractivity contribution in [2.24, 2.45) is 11.5 Å². The molecular weight excluding hydrogens is 286 g/mol. The fraction of sp³-hybridized carbons (Fsp3) is 0.400. The Labute approximate surface area is 128 Å². The van der Waals surface area contributed by atoms with E-state index in [4.69, 9.17) is 16.3 Å². The van der Waals surface area contributed by atoms with Crippen molar-refractivity contribution in [3.63, 3.8) is 0 Å². The zero-order valence-corrected chi connectivity index (χ0v) is 12.8. The van der Waals surface area contributed by atoms with Crippen LogP contribution in [0.3, 0.4) is 0 Å². The Kier molecular flexibility index (Phi) is 4.07. The number of nitrogens with two attached hydrogens (primary N) is 2. The van der Waals surface area contributed by atoms with Gasteiger partial charge in [-0.2, -0.15) is 0 Å². The lowest BCUT2D eigenvalue weighted by molar-refractivity contribution is -0.0418. The first kappa shape index (κ1) is 15.8. The molecule has 0 saturated heterocycles. The van der Waals surface area contributed by atoms with Gasteiger partial charge in [0.05, 0.1) is 11.3 Å². The summed E-state index contributed by atoms with van der Waals surface area (Å²) >= 11 is 0. The lowest BCUT2D eigenvalue weighted by Gasteiger charge is -2.20. The van der Waals surface area contributed by atoms with E-state index in [1.54, 1.807) is 6.07 Å². The number of carbonyl (C=O) groups is 1. The quantitative estimate of drug-likeness (QED) is 0.680. The number of benzene rings is 1. The van der Waals surface area contributed by atoms with Crippen LogP contribution in [0, 0.1) is 0 Å². The van der Waals surface area contributed by atoms with E-state index in [9.17, 15) is 15.0 Å². The summed E-state index contributed by atoms with van der Waals surface area (Å²) in [5.41, 5.74) is 12.6. The molecule has 7 nitrogen and oxygen atoms in total. The molecular formula is C15H21N3O4. The van der Waals surface area contributed by atoms with Crippen LogP contribution < -0.4 is 11.5 Å². The summed E-state index contributed by atoms with van der Waals surface area (Å²) in [4.78, 5) is 16.9. The Bertz CT molecular complexity index is 640. The maximum Gasteiger partial charge on any atom is 0.348 e. The monoisotopic (exact) mass is 307 g/mol. The van der Waals surface area contributed by atoms with Crippen LogP contribution in [0.4, 0.5) is 4.79 Å². The second-order valence-electron chi connectivity index (χ2n) is 5.55. The Morgan fingerprint density at radius 3 is 2.45 bits per heavy atom. The highest BCUT2D eigenvalue weighted by Crippen LogP contribution is 2.40. The van der Waals surface area contributed by atoms with Crippen molar-refractivity contribution < 1.29 is 19.8 Å². The third-order valence-corrected chi connectivity index (χ3v) is 3.71. The predicted octanol–water partition coefficient (Wildman–Crippen LogP) is 1.95. The van der Waals surface area contributed by atoms with Crippen LogP contribution in [0.1, 0.15) is 44.2 Å². The minimum absolute atomic E-state index is 0.00721. The number of rotatable bonds is 3. The molecule has 0 spiro atoms. The van der Waals surface area contributed by atoms with Crippen LogP contribution in [-0.4, -0.2) is 27.3 Å². The summed E-state index contributed by atoms with van der Waals surface area (Å²) < 4.78 is 0. The Morgan fingerprint density at radius 2 is 2.00 bits per heavy atom. The summed E-state index contributed by atoms with van der Waals surface area (Å²) in [7, 11) is 0. The molecule has 0 fully saturated rings. The van der Waals surface area contributed by atoms with Crippen molar-refractivity contribution in [2.45, 2.75) is 39.2 Å². The molecule has 0 radical (unpaired) electrons. The molecule has 6 N–H and O–H groups in total. The minimum Gasteiger partial charge on any atom is -0.508 e. The molecule has 0 saturated carbocycles. The number of phenolic OH excluding ortho intramolecular Hbond substituents is 2. The second kappa shape index (κ2) is 5.67.